The van der Waals surface area contributed by atoms with Crippen molar-refractivity contribution in [3.63, 3.8) is 0 Å². The van der Waals surface area contributed by atoms with Gasteiger partial charge in [-0.15, -0.1) is 11.6 Å². The molecule has 100 valence electrons. The molecule has 1 heterocycles. The minimum absolute atomic E-state index is 0.133. The smallest absolute Gasteiger partial charge is 0.127 e. The average Bonchev–Trinajstić information content (AvgIpc) is 2.89. The molecule has 1 fully saturated rings. The molecular weight excluding hydrogens is 252 g/mol. The first-order valence-corrected chi connectivity index (χ1v) is 6.93. The summed E-state index contributed by atoms with van der Waals surface area (Å²) >= 11 is 5.92. The molecule has 2 rings (SSSR count). The monoisotopic (exact) mass is 270 g/mol. The molecule has 0 spiro atoms. The molecule has 4 heteroatoms. The second-order valence-electron chi connectivity index (χ2n) is 4.36. The van der Waals surface area contributed by atoms with Gasteiger partial charge in [0.25, 0.3) is 0 Å². The fourth-order valence-corrected chi connectivity index (χ4v) is 2.07. The summed E-state index contributed by atoms with van der Waals surface area (Å²) < 4.78 is 16.8. The summed E-state index contributed by atoms with van der Waals surface area (Å²) in [4.78, 5) is 0. The van der Waals surface area contributed by atoms with Crippen LogP contribution >= 0.6 is 11.6 Å². The molecule has 0 N–H and O–H groups in total. The Morgan fingerprint density at radius 2 is 2.33 bits per heavy atom. The van der Waals surface area contributed by atoms with E-state index in [1.165, 1.54) is 0 Å². The third-order valence-electron chi connectivity index (χ3n) is 2.84. The molecule has 1 unspecified atom stereocenters. The topological polar surface area (TPSA) is 27.7 Å². The first-order chi connectivity index (χ1) is 8.83. The van der Waals surface area contributed by atoms with Crippen molar-refractivity contribution in [2.45, 2.75) is 31.7 Å². The van der Waals surface area contributed by atoms with Gasteiger partial charge in [-0.25, -0.2) is 0 Å². The summed E-state index contributed by atoms with van der Waals surface area (Å²) in [6, 6.07) is 5.82. The minimum Gasteiger partial charge on any atom is -0.493 e. The molecule has 0 aromatic heterocycles. The summed E-state index contributed by atoms with van der Waals surface area (Å²) in [5, 5.41) is 0. The lowest BCUT2D eigenvalue weighted by Gasteiger charge is -2.16. The largest absolute Gasteiger partial charge is 0.493 e. The van der Waals surface area contributed by atoms with E-state index in [-0.39, 0.29) is 6.10 Å². The number of ether oxygens (including phenoxy) is 3. The first-order valence-electron chi connectivity index (χ1n) is 6.39. The van der Waals surface area contributed by atoms with Crippen molar-refractivity contribution in [3.05, 3.63) is 23.8 Å². The third-order valence-corrected chi connectivity index (χ3v) is 3.12. The van der Waals surface area contributed by atoms with Gasteiger partial charge in [0.1, 0.15) is 17.6 Å². The fraction of sp³-hybridized carbons (Fsp3) is 0.571. The van der Waals surface area contributed by atoms with Gasteiger partial charge < -0.3 is 14.2 Å². The Balaban J connectivity index is 2.08. The van der Waals surface area contributed by atoms with Crippen LogP contribution in [0, 0.1) is 0 Å². The van der Waals surface area contributed by atoms with Gasteiger partial charge in [0.05, 0.1) is 25.7 Å². The van der Waals surface area contributed by atoms with E-state index in [0.29, 0.717) is 19.1 Å². The van der Waals surface area contributed by atoms with Gasteiger partial charge in [-0.1, -0.05) is 13.0 Å². The Labute approximate surface area is 113 Å². The van der Waals surface area contributed by atoms with Gasteiger partial charge in [0.15, 0.2) is 0 Å². The van der Waals surface area contributed by atoms with E-state index in [1.54, 1.807) is 0 Å². The average molecular weight is 271 g/mol. The molecule has 1 aromatic carbocycles. The Hall–Kier alpha value is -0.930. The molecule has 3 nitrogen and oxygen atoms in total. The maximum Gasteiger partial charge on any atom is 0.127 e. The van der Waals surface area contributed by atoms with Crippen molar-refractivity contribution in [1.29, 1.82) is 0 Å². The SMILES string of the molecule is CCCOc1ccc(CCl)c(OC2CCOC2)c1. The Kier molecular flexibility index (Phi) is 5.14. The zero-order valence-electron chi connectivity index (χ0n) is 10.7. The van der Waals surface area contributed by atoms with E-state index in [4.69, 9.17) is 25.8 Å². The molecule has 1 aliphatic rings. The molecule has 1 aliphatic heterocycles. The van der Waals surface area contributed by atoms with Gasteiger partial charge >= 0.3 is 0 Å². The summed E-state index contributed by atoms with van der Waals surface area (Å²) in [6.07, 6.45) is 2.06. The number of rotatable bonds is 6. The number of benzene rings is 1. The van der Waals surface area contributed by atoms with Gasteiger partial charge in [0, 0.05) is 18.1 Å². The Bertz CT molecular complexity index is 375. The van der Waals surface area contributed by atoms with E-state index in [1.807, 2.05) is 18.2 Å². The van der Waals surface area contributed by atoms with Crippen LogP contribution in [0.4, 0.5) is 0 Å². The highest BCUT2D eigenvalue weighted by Gasteiger charge is 2.18. The Morgan fingerprint density at radius 3 is 3.00 bits per heavy atom. The van der Waals surface area contributed by atoms with Crippen LogP contribution in [0.3, 0.4) is 0 Å². The normalized spacial score (nSPS) is 18.9. The van der Waals surface area contributed by atoms with Crippen LogP contribution in [0.2, 0.25) is 0 Å². The number of alkyl halides is 1. The van der Waals surface area contributed by atoms with Crippen LogP contribution in [-0.4, -0.2) is 25.9 Å². The molecule has 1 saturated heterocycles. The third kappa shape index (κ3) is 3.53. The maximum atomic E-state index is 5.93. The van der Waals surface area contributed by atoms with Gasteiger partial charge in [-0.2, -0.15) is 0 Å². The van der Waals surface area contributed by atoms with Gasteiger partial charge in [-0.3, -0.25) is 0 Å². The molecular formula is C14H19ClO3. The zero-order valence-corrected chi connectivity index (χ0v) is 11.4. The first kappa shape index (κ1) is 13.5. The van der Waals surface area contributed by atoms with Crippen LogP contribution in [-0.2, 0) is 10.6 Å². The molecule has 18 heavy (non-hydrogen) atoms. The second-order valence-corrected chi connectivity index (χ2v) is 4.62. The summed E-state index contributed by atoms with van der Waals surface area (Å²) in [5.74, 6) is 2.09. The maximum absolute atomic E-state index is 5.93. The predicted molar refractivity (Wildman–Crippen MR) is 71.6 cm³/mol. The minimum atomic E-state index is 0.133. The van der Waals surface area contributed by atoms with Gasteiger partial charge in [0.2, 0.25) is 0 Å². The van der Waals surface area contributed by atoms with Crippen molar-refractivity contribution < 1.29 is 14.2 Å². The Morgan fingerprint density at radius 1 is 1.44 bits per heavy atom. The second kappa shape index (κ2) is 6.86. The van der Waals surface area contributed by atoms with Crippen molar-refractivity contribution in [3.8, 4) is 11.5 Å². The van der Waals surface area contributed by atoms with Crippen LogP contribution in [0.25, 0.3) is 0 Å². The van der Waals surface area contributed by atoms with Crippen LogP contribution < -0.4 is 9.47 Å². The zero-order chi connectivity index (χ0) is 12.8. The highest BCUT2D eigenvalue weighted by Crippen LogP contribution is 2.28. The molecule has 0 saturated carbocycles. The van der Waals surface area contributed by atoms with E-state index < -0.39 is 0 Å². The van der Waals surface area contributed by atoms with E-state index in [0.717, 1.165) is 36.5 Å². The number of halogens is 1. The van der Waals surface area contributed by atoms with Crippen LogP contribution in [0.5, 0.6) is 11.5 Å². The molecule has 1 aromatic rings. The molecule has 0 amide bonds. The lowest BCUT2D eigenvalue weighted by atomic mass is 10.2. The highest BCUT2D eigenvalue weighted by atomic mass is 35.5. The molecule has 0 aliphatic carbocycles. The number of hydrogen-bond donors (Lipinski definition) is 0. The summed E-state index contributed by atoms with van der Waals surface area (Å²) in [7, 11) is 0. The van der Waals surface area contributed by atoms with E-state index in [9.17, 15) is 0 Å². The van der Waals surface area contributed by atoms with E-state index >= 15 is 0 Å². The fourth-order valence-electron chi connectivity index (χ4n) is 1.85. The molecule has 1 atom stereocenters. The van der Waals surface area contributed by atoms with Crippen molar-refractivity contribution in [1.82, 2.24) is 0 Å². The lowest BCUT2D eigenvalue weighted by Crippen LogP contribution is -2.16. The van der Waals surface area contributed by atoms with Gasteiger partial charge in [-0.05, 0) is 12.5 Å². The van der Waals surface area contributed by atoms with Crippen molar-refractivity contribution >= 4 is 11.6 Å². The molecule has 0 radical (unpaired) electrons. The van der Waals surface area contributed by atoms with Crippen LogP contribution in [0.1, 0.15) is 25.3 Å². The standard InChI is InChI=1S/C14H19ClO3/c1-2-6-17-12-4-3-11(9-15)14(8-12)18-13-5-7-16-10-13/h3-4,8,13H,2,5-7,9-10H2,1H3. The highest BCUT2D eigenvalue weighted by molar-refractivity contribution is 6.17. The van der Waals surface area contributed by atoms with Crippen molar-refractivity contribution in [2.75, 3.05) is 19.8 Å². The quantitative estimate of drug-likeness (QED) is 0.742. The summed E-state index contributed by atoms with van der Waals surface area (Å²) in [6.45, 7) is 4.22. The summed E-state index contributed by atoms with van der Waals surface area (Å²) in [5.41, 5.74) is 0.993. The number of hydrogen-bond acceptors (Lipinski definition) is 3. The van der Waals surface area contributed by atoms with E-state index in [2.05, 4.69) is 6.92 Å². The van der Waals surface area contributed by atoms with Crippen LogP contribution in [0.15, 0.2) is 18.2 Å². The molecule has 0 bridgehead atoms. The van der Waals surface area contributed by atoms with Crippen molar-refractivity contribution in [2.24, 2.45) is 0 Å². The predicted octanol–water partition coefficient (Wildman–Crippen LogP) is 3.38. The lowest BCUT2D eigenvalue weighted by molar-refractivity contribution is 0.140.